The quantitative estimate of drug-likeness (QED) is 0.825. The van der Waals surface area contributed by atoms with Crippen molar-refractivity contribution in [3.8, 4) is 0 Å². The number of anilines is 1. The van der Waals surface area contributed by atoms with Crippen molar-refractivity contribution in [1.82, 2.24) is 4.90 Å². The molecular weight excluding hydrogens is 332 g/mol. The summed E-state index contributed by atoms with van der Waals surface area (Å²) in [5.74, 6) is -0.0173. The average Bonchev–Trinajstić information content (AvgIpc) is 2.50. The number of halogens is 1. The maximum absolute atomic E-state index is 12.2. The van der Waals surface area contributed by atoms with Crippen molar-refractivity contribution in [2.75, 3.05) is 25.0 Å². The van der Waals surface area contributed by atoms with Crippen molar-refractivity contribution >= 4 is 27.5 Å². The highest BCUT2D eigenvalue weighted by molar-refractivity contribution is 9.10. The van der Waals surface area contributed by atoms with Crippen LogP contribution < -0.4 is 5.32 Å². The highest BCUT2D eigenvalue weighted by Gasteiger charge is 2.22. The van der Waals surface area contributed by atoms with Gasteiger partial charge in [0.25, 0.3) is 0 Å². The molecule has 0 aliphatic heterocycles. The molecule has 1 aliphatic rings. The number of rotatable bonds is 6. The van der Waals surface area contributed by atoms with Gasteiger partial charge in [-0.15, -0.1) is 0 Å². The lowest BCUT2D eigenvalue weighted by Crippen LogP contribution is -2.43. The lowest BCUT2D eigenvalue weighted by Gasteiger charge is -2.33. The molecule has 0 radical (unpaired) electrons. The second kappa shape index (κ2) is 8.51. The van der Waals surface area contributed by atoms with Crippen LogP contribution in [0, 0.1) is 0 Å². The van der Waals surface area contributed by atoms with Gasteiger partial charge >= 0.3 is 0 Å². The molecule has 5 heteroatoms. The first kappa shape index (κ1) is 16.5. The van der Waals surface area contributed by atoms with E-state index in [0.717, 1.165) is 23.0 Å². The van der Waals surface area contributed by atoms with Crippen LogP contribution in [0.1, 0.15) is 32.1 Å². The zero-order valence-corrected chi connectivity index (χ0v) is 13.8. The molecule has 0 bridgehead atoms. The second-order valence-electron chi connectivity index (χ2n) is 5.54. The molecule has 2 N–H and O–H groups in total. The van der Waals surface area contributed by atoms with Crippen LogP contribution in [0.15, 0.2) is 28.7 Å². The third-order valence-corrected chi connectivity index (χ3v) is 4.48. The summed E-state index contributed by atoms with van der Waals surface area (Å²) in [7, 11) is 0. The molecule has 1 aromatic rings. The van der Waals surface area contributed by atoms with Gasteiger partial charge in [0.15, 0.2) is 0 Å². The summed E-state index contributed by atoms with van der Waals surface area (Å²) in [6, 6.07) is 7.99. The third kappa shape index (κ3) is 5.41. The molecule has 0 saturated heterocycles. The summed E-state index contributed by atoms with van der Waals surface area (Å²) in [5, 5.41) is 12.1. The van der Waals surface area contributed by atoms with Crippen molar-refractivity contribution in [2.45, 2.75) is 38.1 Å². The molecule has 1 fully saturated rings. The average molecular weight is 355 g/mol. The van der Waals surface area contributed by atoms with Gasteiger partial charge in [0, 0.05) is 22.7 Å². The van der Waals surface area contributed by atoms with Gasteiger partial charge in [-0.3, -0.25) is 9.69 Å². The van der Waals surface area contributed by atoms with E-state index < -0.39 is 0 Å². The summed E-state index contributed by atoms with van der Waals surface area (Å²) < 4.78 is 0.990. The van der Waals surface area contributed by atoms with E-state index in [1.807, 2.05) is 24.3 Å². The number of carbonyl (C=O) groups is 1. The fourth-order valence-electron chi connectivity index (χ4n) is 2.88. The molecular formula is C16H23BrN2O2. The summed E-state index contributed by atoms with van der Waals surface area (Å²) in [4.78, 5) is 14.3. The maximum atomic E-state index is 12.2. The van der Waals surface area contributed by atoms with Crippen molar-refractivity contribution in [2.24, 2.45) is 0 Å². The van der Waals surface area contributed by atoms with E-state index in [0.29, 0.717) is 19.1 Å². The van der Waals surface area contributed by atoms with Gasteiger partial charge in [0.1, 0.15) is 0 Å². The highest BCUT2D eigenvalue weighted by Crippen LogP contribution is 2.22. The third-order valence-electron chi connectivity index (χ3n) is 3.95. The molecule has 1 amide bonds. The Morgan fingerprint density at radius 3 is 2.52 bits per heavy atom. The van der Waals surface area contributed by atoms with Gasteiger partial charge < -0.3 is 10.4 Å². The van der Waals surface area contributed by atoms with Crippen molar-refractivity contribution in [3.63, 3.8) is 0 Å². The van der Waals surface area contributed by atoms with Crippen molar-refractivity contribution in [3.05, 3.63) is 28.7 Å². The Labute approximate surface area is 134 Å². The van der Waals surface area contributed by atoms with Crippen LogP contribution in [0.3, 0.4) is 0 Å². The Morgan fingerprint density at radius 1 is 1.24 bits per heavy atom. The number of nitrogens with one attached hydrogen (secondary N) is 1. The Bertz CT molecular complexity index is 444. The largest absolute Gasteiger partial charge is 0.395 e. The molecule has 0 spiro atoms. The fraction of sp³-hybridized carbons (Fsp3) is 0.562. The minimum absolute atomic E-state index is 0.0173. The molecule has 0 atom stereocenters. The summed E-state index contributed by atoms with van der Waals surface area (Å²) in [6.45, 7) is 1.02. The summed E-state index contributed by atoms with van der Waals surface area (Å²) in [6.07, 6.45) is 5.99. The van der Waals surface area contributed by atoms with Crippen LogP contribution >= 0.6 is 15.9 Å². The van der Waals surface area contributed by atoms with E-state index >= 15 is 0 Å². The Morgan fingerprint density at radius 2 is 1.90 bits per heavy atom. The van der Waals surface area contributed by atoms with Crippen LogP contribution in [0.2, 0.25) is 0 Å². The normalized spacial score (nSPS) is 16.1. The number of hydrogen-bond donors (Lipinski definition) is 2. The highest BCUT2D eigenvalue weighted by atomic mass is 79.9. The van der Waals surface area contributed by atoms with E-state index in [4.69, 9.17) is 0 Å². The first-order valence-electron chi connectivity index (χ1n) is 7.59. The number of aliphatic hydroxyl groups is 1. The smallest absolute Gasteiger partial charge is 0.238 e. The standard InChI is InChI=1S/C16H23BrN2O2/c17-13-6-8-14(9-7-13)18-16(21)12-19(10-11-20)15-4-2-1-3-5-15/h6-9,15,20H,1-5,10-12H2,(H,18,21). The minimum Gasteiger partial charge on any atom is -0.395 e. The molecule has 116 valence electrons. The number of hydrogen-bond acceptors (Lipinski definition) is 3. The van der Waals surface area contributed by atoms with Gasteiger partial charge in [0.05, 0.1) is 13.2 Å². The van der Waals surface area contributed by atoms with Gasteiger partial charge in [-0.25, -0.2) is 0 Å². The number of benzene rings is 1. The van der Waals surface area contributed by atoms with E-state index in [9.17, 15) is 9.90 Å². The SMILES string of the molecule is O=C(CN(CCO)C1CCCCC1)Nc1ccc(Br)cc1. The van der Waals surface area contributed by atoms with Crippen molar-refractivity contribution < 1.29 is 9.90 Å². The van der Waals surface area contributed by atoms with E-state index in [1.165, 1.54) is 19.3 Å². The molecule has 0 heterocycles. The first-order chi connectivity index (χ1) is 10.2. The lowest BCUT2D eigenvalue weighted by molar-refractivity contribution is -0.118. The Hall–Kier alpha value is -0.910. The summed E-state index contributed by atoms with van der Waals surface area (Å²) >= 11 is 3.38. The number of nitrogens with zero attached hydrogens (tertiary/aromatic N) is 1. The molecule has 1 saturated carbocycles. The monoisotopic (exact) mass is 354 g/mol. The van der Waals surface area contributed by atoms with E-state index in [2.05, 4.69) is 26.1 Å². The zero-order chi connectivity index (χ0) is 15.1. The first-order valence-corrected chi connectivity index (χ1v) is 8.38. The van der Waals surface area contributed by atoms with Crippen LogP contribution in [0.25, 0.3) is 0 Å². The summed E-state index contributed by atoms with van der Waals surface area (Å²) in [5.41, 5.74) is 0.802. The predicted molar refractivity (Wildman–Crippen MR) is 88.3 cm³/mol. The van der Waals surface area contributed by atoms with Crippen LogP contribution in [0.4, 0.5) is 5.69 Å². The predicted octanol–water partition coefficient (Wildman–Crippen LogP) is 3.01. The zero-order valence-electron chi connectivity index (χ0n) is 12.2. The Kier molecular flexibility index (Phi) is 6.67. The molecule has 4 nitrogen and oxygen atoms in total. The van der Waals surface area contributed by atoms with Crippen LogP contribution in [-0.2, 0) is 4.79 Å². The number of aliphatic hydroxyl groups excluding tert-OH is 1. The lowest BCUT2D eigenvalue weighted by atomic mass is 9.94. The fourth-order valence-corrected chi connectivity index (χ4v) is 3.15. The van der Waals surface area contributed by atoms with Gasteiger partial charge in [-0.05, 0) is 37.1 Å². The van der Waals surface area contributed by atoms with Gasteiger partial charge in [-0.1, -0.05) is 35.2 Å². The van der Waals surface area contributed by atoms with Crippen LogP contribution in [0.5, 0.6) is 0 Å². The minimum atomic E-state index is -0.0173. The molecule has 0 aromatic heterocycles. The molecule has 2 rings (SSSR count). The van der Waals surface area contributed by atoms with Crippen molar-refractivity contribution in [1.29, 1.82) is 0 Å². The second-order valence-corrected chi connectivity index (χ2v) is 6.46. The molecule has 1 aromatic carbocycles. The van der Waals surface area contributed by atoms with E-state index in [1.54, 1.807) is 0 Å². The van der Waals surface area contributed by atoms with Crippen LogP contribution in [-0.4, -0.2) is 41.7 Å². The van der Waals surface area contributed by atoms with Gasteiger partial charge in [0.2, 0.25) is 5.91 Å². The topological polar surface area (TPSA) is 52.6 Å². The Balaban J connectivity index is 1.89. The van der Waals surface area contributed by atoms with Gasteiger partial charge in [-0.2, -0.15) is 0 Å². The molecule has 21 heavy (non-hydrogen) atoms. The number of amides is 1. The molecule has 0 unspecified atom stereocenters. The molecule has 1 aliphatic carbocycles. The van der Waals surface area contributed by atoms with E-state index in [-0.39, 0.29) is 12.5 Å². The number of carbonyl (C=O) groups excluding carboxylic acids is 1. The maximum Gasteiger partial charge on any atom is 0.238 e.